The Kier molecular flexibility index (Phi) is 3.16. The van der Waals surface area contributed by atoms with Crippen molar-refractivity contribution in [2.75, 3.05) is 0 Å². The molecular weight excluding hydrogens is 219 g/mol. The molecule has 0 fully saturated rings. The van der Waals surface area contributed by atoms with Crippen LogP contribution < -0.4 is 4.74 Å². The number of benzene rings is 1. The molecular formula is C9H7F5O. The Hall–Kier alpha value is -1.33. The Balaban J connectivity index is 2.92. The molecule has 0 aliphatic carbocycles. The predicted molar refractivity (Wildman–Crippen MR) is 42.6 cm³/mol. The fourth-order valence-electron chi connectivity index (χ4n) is 1.03. The monoisotopic (exact) mass is 226 g/mol. The lowest BCUT2D eigenvalue weighted by atomic mass is 10.1. The second kappa shape index (κ2) is 4.04. The van der Waals surface area contributed by atoms with Gasteiger partial charge in [0, 0.05) is 11.6 Å². The van der Waals surface area contributed by atoms with Gasteiger partial charge in [0.1, 0.15) is 17.7 Å². The second-order valence-electron chi connectivity index (χ2n) is 2.85. The number of rotatable bonds is 2. The minimum absolute atomic E-state index is 0.301. The molecule has 0 N–H and O–H groups in total. The van der Waals surface area contributed by atoms with Gasteiger partial charge >= 0.3 is 6.36 Å². The average molecular weight is 226 g/mol. The normalized spacial score (nSPS) is 13.7. The zero-order chi connectivity index (χ0) is 11.6. The fraction of sp³-hybridized carbons (Fsp3) is 0.333. The van der Waals surface area contributed by atoms with Crippen LogP contribution in [0.2, 0.25) is 0 Å². The van der Waals surface area contributed by atoms with E-state index in [1.807, 2.05) is 0 Å². The van der Waals surface area contributed by atoms with Crippen LogP contribution >= 0.6 is 0 Å². The molecule has 0 heterocycles. The van der Waals surface area contributed by atoms with Crippen molar-refractivity contribution in [3.05, 3.63) is 29.6 Å². The highest BCUT2D eigenvalue weighted by Gasteiger charge is 2.31. The number of hydrogen-bond acceptors (Lipinski definition) is 1. The third kappa shape index (κ3) is 3.38. The van der Waals surface area contributed by atoms with Gasteiger partial charge in [-0.15, -0.1) is 13.2 Å². The van der Waals surface area contributed by atoms with Crippen molar-refractivity contribution in [3.8, 4) is 5.75 Å². The molecule has 0 bridgehead atoms. The first-order valence-electron chi connectivity index (χ1n) is 3.99. The number of hydrogen-bond donors (Lipinski definition) is 0. The highest BCUT2D eigenvalue weighted by Crippen LogP contribution is 2.27. The molecule has 0 aliphatic heterocycles. The Labute approximate surface area is 82.5 Å². The maximum Gasteiger partial charge on any atom is 0.573 e. The van der Waals surface area contributed by atoms with Crippen LogP contribution in [0.3, 0.4) is 0 Å². The minimum atomic E-state index is -4.88. The summed E-state index contributed by atoms with van der Waals surface area (Å²) in [6.07, 6.45) is -6.46. The van der Waals surface area contributed by atoms with Gasteiger partial charge < -0.3 is 4.74 Å². The van der Waals surface area contributed by atoms with Crippen molar-refractivity contribution in [1.82, 2.24) is 0 Å². The van der Waals surface area contributed by atoms with Gasteiger partial charge in [0.25, 0.3) is 0 Å². The van der Waals surface area contributed by atoms with Crippen LogP contribution in [0.25, 0.3) is 0 Å². The smallest absolute Gasteiger partial charge is 0.406 e. The minimum Gasteiger partial charge on any atom is -0.406 e. The topological polar surface area (TPSA) is 9.23 Å². The molecule has 84 valence electrons. The SMILES string of the molecule is CC(F)c1ccc(OC(F)(F)F)cc1F. The molecule has 1 unspecified atom stereocenters. The van der Waals surface area contributed by atoms with Crippen LogP contribution in [0.4, 0.5) is 22.0 Å². The van der Waals surface area contributed by atoms with Gasteiger partial charge in [-0.3, -0.25) is 0 Å². The zero-order valence-corrected chi connectivity index (χ0v) is 7.61. The average Bonchev–Trinajstić information content (AvgIpc) is 1.99. The van der Waals surface area contributed by atoms with Gasteiger partial charge in [-0.2, -0.15) is 0 Å². The van der Waals surface area contributed by atoms with Crippen LogP contribution in [0.5, 0.6) is 5.75 Å². The maximum absolute atomic E-state index is 13.0. The largest absolute Gasteiger partial charge is 0.573 e. The van der Waals surface area contributed by atoms with Gasteiger partial charge in [-0.1, -0.05) is 0 Å². The summed E-state index contributed by atoms with van der Waals surface area (Å²) in [6, 6.07) is 2.28. The van der Waals surface area contributed by atoms with E-state index in [0.29, 0.717) is 6.07 Å². The van der Waals surface area contributed by atoms with Crippen LogP contribution in [-0.2, 0) is 0 Å². The summed E-state index contributed by atoms with van der Waals surface area (Å²) in [7, 11) is 0. The van der Waals surface area contributed by atoms with Crippen LogP contribution in [0, 0.1) is 5.82 Å². The van der Waals surface area contributed by atoms with Gasteiger partial charge in [0.15, 0.2) is 0 Å². The molecule has 1 atom stereocenters. The number of halogens is 5. The summed E-state index contributed by atoms with van der Waals surface area (Å²) in [6.45, 7) is 1.09. The van der Waals surface area contributed by atoms with Gasteiger partial charge in [0.05, 0.1) is 0 Å². The van der Waals surface area contributed by atoms with Crippen molar-refractivity contribution in [1.29, 1.82) is 0 Å². The van der Waals surface area contributed by atoms with E-state index < -0.39 is 24.1 Å². The molecule has 0 amide bonds. The summed E-state index contributed by atoms with van der Waals surface area (Å²) in [4.78, 5) is 0. The third-order valence-corrected chi connectivity index (χ3v) is 1.63. The van der Waals surface area contributed by atoms with Crippen LogP contribution in [-0.4, -0.2) is 6.36 Å². The standard InChI is InChI=1S/C9H7F5O/c1-5(10)7-3-2-6(4-8(7)11)15-9(12,13)14/h2-5H,1H3. The van der Waals surface area contributed by atoms with E-state index in [0.717, 1.165) is 19.1 Å². The first kappa shape index (κ1) is 11.7. The van der Waals surface area contributed by atoms with Crippen molar-refractivity contribution in [2.24, 2.45) is 0 Å². The highest BCUT2D eigenvalue weighted by atomic mass is 19.4. The van der Waals surface area contributed by atoms with E-state index in [-0.39, 0.29) is 5.56 Å². The quantitative estimate of drug-likeness (QED) is 0.697. The van der Waals surface area contributed by atoms with E-state index in [2.05, 4.69) is 4.74 Å². The molecule has 1 aromatic rings. The molecule has 1 rings (SSSR count). The molecule has 1 nitrogen and oxygen atoms in total. The predicted octanol–water partition coefficient (Wildman–Crippen LogP) is 3.75. The van der Waals surface area contributed by atoms with E-state index >= 15 is 0 Å². The number of alkyl halides is 4. The third-order valence-electron chi connectivity index (χ3n) is 1.63. The molecule has 15 heavy (non-hydrogen) atoms. The Bertz CT molecular complexity index is 345. The first-order valence-corrected chi connectivity index (χ1v) is 3.99. The molecule has 0 saturated heterocycles. The van der Waals surface area contributed by atoms with Crippen LogP contribution in [0.15, 0.2) is 18.2 Å². The Morgan fingerprint density at radius 2 is 1.87 bits per heavy atom. The lowest BCUT2D eigenvalue weighted by Gasteiger charge is -2.10. The lowest BCUT2D eigenvalue weighted by molar-refractivity contribution is -0.274. The summed E-state index contributed by atoms with van der Waals surface area (Å²) >= 11 is 0. The van der Waals surface area contributed by atoms with E-state index in [9.17, 15) is 22.0 Å². The molecule has 1 aromatic carbocycles. The van der Waals surface area contributed by atoms with E-state index in [1.54, 1.807) is 0 Å². The van der Waals surface area contributed by atoms with Gasteiger partial charge in [0.2, 0.25) is 0 Å². The molecule has 0 spiro atoms. The highest BCUT2D eigenvalue weighted by molar-refractivity contribution is 5.30. The van der Waals surface area contributed by atoms with Crippen molar-refractivity contribution in [2.45, 2.75) is 19.5 Å². The maximum atomic E-state index is 13.0. The summed E-state index contributed by atoms with van der Waals surface area (Å²) < 4.78 is 64.2. The molecule has 0 saturated carbocycles. The molecule has 0 aliphatic rings. The van der Waals surface area contributed by atoms with Gasteiger partial charge in [-0.25, -0.2) is 8.78 Å². The molecule has 0 radical (unpaired) electrons. The van der Waals surface area contributed by atoms with E-state index in [1.165, 1.54) is 0 Å². The number of ether oxygens (including phenoxy) is 1. The van der Waals surface area contributed by atoms with E-state index in [4.69, 9.17) is 0 Å². The van der Waals surface area contributed by atoms with Crippen molar-refractivity contribution in [3.63, 3.8) is 0 Å². The Morgan fingerprint density at radius 1 is 1.27 bits per heavy atom. The summed E-state index contributed by atoms with van der Waals surface area (Å²) in [5.74, 6) is -1.77. The molecule has 0 aromatic heterocycles. The molecule has 6 heteroatoms. The van der Waals surface area contributed by atoms with Crippen molar-refractivity contribution < 1.29 is 26.7 Å². The fourth-order valence-corrected chi connectivity index (χ4v) is 1.03. The summed E-state index contributed by atoms with van der Waals surface area (Å²) in [5, 5.41) is 0. The Morgan fingerprint density at radius 3 is 2.27 bits per heavy atom. The first-order chi connectivity index (χ1) is 6.79. The zero-order valence-electron chi connectivity index (χ0n) is 7.61. The summed E-state index contributed by atoms with van der Waals surface area (Å²) in [5.41, 5.74) is -0.301. The van der Waals surface area contributed by atoms with Crippen LogP contribution in [0.1, 0.15) is 18.7 Å². The van der Waals surface area contributed by atoms with Crippen molar-refractivity contribution >= 4 is 0 Å². The van der Waals surface area contributed by atoms with Gasteiger partial charge in [-0.05, 0) is 19.1 Å². The second-order valence-corrected chi connectivity index (χ2v) is 2.85. The lowest BCUT2D eigenvalue weighted by Crippen LogP contribution is -2.17.